The van der Waals surface area contributed by atoms with Crippen molar-refractivity contribution in [3.8, 4) is 5.75 Å². The van der Waals surface area contributed by atoms with Crippen LogP contribution in [0, 0.1) is 6.92 Å². The lowest BCUT2D eigenvalue weighted by Crippen LogP contribution is -2.53. The molecule has 8 nitrogen and oxygen atoms in total. The molecule has 1 atom stereocenters. The molecule has 0 aliphatic heterocycles. The number of nitrogens with zero attached hydrogens (tertiary/aromatic N) is 2. The number of ether oxygens (including phenoxy) is 1. The number of aryl methyl sites for hydroxylation is 1. The second-order valence-corrected chi connectivity index (χ2v) is 13.8. The minimum absolute atomic E-state index is 0.00485. The first-order chi connectivity index (χ1) is 22.5. The fraction of sp³-hybridized carbons (Fsp3) is 0.278. The van der Waals surface area contributed by atoms with Crippen LogP contribution in [0.1, 0.15) is 36.5 Å². The Kier molecular flexibility index (Phi) is 12.7. The lowest BCUT2D eigenvalue weighted by atomic mass is 10.0. The summed E-state index contributed by atoms with van der Waals surface area (Å²) in [5.74, 6) is -0.551. The predicted molar refractivity (Wildman–Crippen MR) is 188 cm³/mol. The lowest BCUT2D eigenvalue weighted by Gasteiger charge is -2.34. The number of sulfonamides is 1. The average molecular weight is 697 g/mol. The van der Waals surface area contributed by atoms with Crippen molar-refractivity contribution >= 4 is 50.7 Å². The molecular weight excluding hydrogens is 657 g/mol. The highest BCUT2D eigenvalue weighted by Gasteiger charge is 2.34. The number of rotatable bonds is 15. The van der Waals surface area contributed by atoms with Crippen LogP contribution in [0.2, 0.25) is 10.0 Å². The van der Waals surface area contributed by atoms with Gasteiger partial charge in [-0.05, 0) is 66.9 Å². The van der Waals surface area contributed by atoms with Crippen LogP contribution in [0.25, 0.3) is 0 Å². The Balaban J connectivity index is 1.81. The minimum Gasteiger partial charge on any atom is -0.495 e. The summed E-state index contributed by atoms with van der Waals surface area (Å²) in [6, 6.07) is 26.3. The first-order valence-corrected chi connectivity index (χ1v) is 17.5. The van der Waals surface area contributed by atoms with Crippen molar-refractivity contribution in [1.82, 2.24) is 10.2 Å². The topological polar surface area (TPSA) is 96.0 Å². The Bertz CT molecular complexity index is 1750. The van der Waals surface area contributed by atoms with Crippen molar-refractivity contribution in [3.05, 3.63) is 124 Å². The molecule has 0 heterocycles. The lowest BCUT2D eigenvalue weighted by molar-refractivity contribution is -0.140. The summed E-state index contributed by atoms with van der Waals surface area (Å²) in [5, 5.41) is 3.69. The fourth-order valence-electron chi connectivity index (χ4n) is 5.02. The third-order valence-electron chi connectivity index (χ3n) is 7.68. The van der Waals surface area contributed by atoms with Gasteiger partial charge in [0.05, 0.1) is 22.7 Å². The van der Waals surface area contributed by atoms with E-state index in [0.29, 0.717) is 17.3 Å². The van der Waals surface area contributed by atoms with E-state index in [2.05, 4.69) is 5.32 Å². The summed E-state index contributed by atoms with van der Waals surface area (Å²) in [7, 11) is -2.81. The van der Waals surface area contributed by atoms with Crippen LogP contribution < -0.4 is 14.4 Å². The highest BCUT2D eigenvalue weighted by Crippen LogP contribution is 2.32. The maximum absolute atomic E-state index is 14.6. The zero-order chi connectivity index (χ0) is 34.0. The molecule has 47 heavy (non-hydrogen) atoms. The molecule has 2 amide bonds. The molecule has 0 aliphatic rings. The van der Waals surface area contributed by atoms with E-state index < -0.39 is 28.5 Å². The molecule has 0 saturated carbocycles. The Morgan fingerprint density at radius 2 is 1.57 bits per heavy atom. The molecule has 0 spiro atoms. The summed E-state index contributed by atoms with van der Waals surface area (Å²) in [6.45, 7) is 3.77. The van der Waals surface area contributed by atoms with E-state index in [1.807, 2.05) is 44.2 Å². The van der Waals surface area contributed by atoms with Crippen LogP contribution in [0.5, 0.6) is 5.75 Å². The van der Waals surface area contributed by atoms with Gasteiger partial charge in [0.15, 0.2) is 0 Å². The Hall–Kier alpha value is -4.05. The Morgan fingerprint density at radius 3 is 2.19 bits per heavy atom. The summed E-state index contributed by atoms with van der Waals surface area (Å²) in [5.41, 5.74) is 2.62. The molecule has 0 aliphatic carbocycles. The van der Waals surface area contributed by atoms with Crippen molar-refractivity contribution in [2.24, 2.45) is 0 Å². The number of amides is 2. The Morgan fingerprint density at radius 1 is 0.894 bits per heavy atom. The van der Waals surface area contributed by atoms with Gasteiger partial charge in [-0.1, -0.05) is 96.7 Å². The Labute approximate surface area is 287 Å². The highest BCUT2D eigenvalue weighted by atomic mass is 35.5. The number of hydrogen-bond donors (Lipinski definition) is 1. The van der Waals surface area contributed by atoms with Gasteiger partial charge in [0, 0.05) is 24.5 Å². The number of unbranched alkanes of at least 4 members (excludes halogenated alkanes) is 1. The number of carbonyl (C=O) groups excluding carboxylic acids is 2. The summed E-state index contributed by atoms with van der Waals surface area (Å²) >= 11 is 12.6. The monoisotopic (exact) mass is 695 g/mol. The van der Waals surface area contributed by atoms with Crippen LogP contribution in [0.4, 0.5) is 5.69 Å². The molecule has 0 unspecified atom stereocenters. The largest absolute Gasteiger partial charge is 0.495 e. The first-order valence-electron chi connectivity index (χ1n) is 15.3. The van der Waals surface area contributed by atoms with E-state index in [9.17, 15) is 18.0 Å². The second-order valence-electron chi connectivity index (χ2n) is 11.1. The number of nitrogens with one attached hydrogen (secondary N) is 1. The van der Waals surface area contributed by atoms with Crippen LogP contribution in [0.3, 0.4) is 0 Å². The van der Waals surface area contributed by atoms with Gasteiger partial charge in [0.25, 0.3) is 10.0 Å². The number of carbonyl (C=O) groups is 2. The smallest absolute Gasteiger partial charge is 0.264 e. The van der Waals surface area contributed by atoms with Gasteiger partial charge in [-0.2, -0.15) is 0 Å². The molecule has 0 bridgehead atoms. The SMILES string of the molecule is CCCCNC(=O)[C@H](Cc1ccccc1)N(Cc1ccc(Cl)cc1)C(=O)CN(c1ccc(OC)c(Cl)c1)S(=O)(=O)c1ccc(C)cc1. The molecule has 4 aromatic carbocycles. The maximum atomic E-state index is 14.6. The van der Waals surface area contributed by atoms with E-state index in [1.165, 1.54) is 36.3 Å². The molecule has 0 fully saturated rings. The van der Waals surface area contributed by atoms with Crippen molar-refractivity contribution < 1.29 is 22.7 Å². The molecule has 0 aromatic heterocycles. The molecule has 4 aromatic rings. The quantitative estimate of drug-likeness (QED) is 0.134. The number of methoxy groups -OCH3 is 1. The maximum Gasteiger partial charge on any atom is 0.264 e. The zero-order valence-corrected chi connectivity index (χ0v) is 29.0. The standard InChI is InChI=1S/C36H39Cl2N3O5S/c1-4-5-21-39-36(43)33(22-27-9-7-6-8-10-27)40(24-28-13-15-29(37)16-14-28)35(42)25-41(30-17-20-34(46-3)32(38)23-30)47(44,45)31-18-11-26(2)12-19-31/h6-20,23,33H,4-5,21-22,24-25H2,1-3H3,(H,39,43)/t33-/m0/s1. The van der Waals surface area contributed by atoms with Gasteiger partial charge < -0.3 is 15.0 Å². The van der Waals surface area contributed by atoms with E-state index in [1.54, 1.807) is 42.5 Å². The highest BCUT2D eigenvalue weighted by molar-refractivity contribution is 7.92. The molecule has 1 N–H and O–H groups in total. The van der Waals surface area contributed by atoms with Gasteiger partial charge in [-0.15, -0.1) is 0 Å². The second kappa shape index (κ2) is 16.7. The van der Waals surface area contributed by atoms with Gasteiger partial charge in [0.2, 0.25) is 11.8 Å². The van der Waals surface area contributed by atoms with Crippen LogP contribution in [0.15, 0.2) is 102 Å². The van der Waals surface area contributed by atoms with Crippen LogP contribution >= 0.6 is 23.2 Å². The summed E-state index contributed by atoms with van der Waals surface area (Å²) < 4.78 is 34.7. The molecular formula is C36H39Cl2N3O5S. The van der Waals surface area contributed by atoms with Gasteiger partial charge in [0.1, 0.15) is 18.3 Å². The summed E-state index contributed by atoms with van der Waals surface area (Å²) in [6.07, 6.45) is 1.88. The van der Waals surface area contributed by atoms with Gasteiger partial charge in [-0.3, -0.25) is 13.9 Å². The normalized spacial score (nSPS) is 11.9. The third kappa shape index (κ3) is 9.50. The minimum atomic E-state index is -4.27. The number of halogens is 2. The van der Waals surface area contributed by atoms with Crippen LogP contribution in [-0.4, -0.2) is 51.4 Å². The molecule has 11 heteroatoms. The van der Waals surface area contributed by atoms with Gasteiger partial charge in [-0.25, -0.2) is 8.42 Å². The number of hydrogen-bond acceptors (Lipinski definition) is 5. The zero-order valence-electron chi connectivity index (χ0n) is 26.7. The van der Waals surface area contributed by atoms with Crippen molar-refractivity contribution in [3.63, 3.8) is 0 Å². The van der Waals surface area contributed by atoms with Gasteiger partial charge >= 0.3 is 0 Å². The predicted octanol–water partition coefficient (Wildman–Crippen LogP) is 7.06. The molecule has 0 radical (unpaired) electrons. The van der Waals surface area contributed by atoms with Crippen molar-refractivity contribution in [2.75, 3.05) is 24.5 Å². The molecule has 248 valence electrons. The number of benzene rings is 4. The summed E-state index contributed by atoms with van der Waals surface area (Å²) in [4.78, 5) is 29.9. The number of anilines is 1. The third-order valence-corrected chi connectivity index (χ3v) is 10.0. The van der Waals surface area contributed by atoms with E-state index >= 15 is 0 Å². The van der Waals surface area contributed by atoms with Crippen LogP contribution in [-0.2, 0) is 32.6 Å². The van der Waals surface area contributed by atoms with E-state index in [-0.39, 0.29) is 34.5 Å². The van der Waals surface area contributed by atoms with E-state index in [0.717, 1.165) is 33.8 Å². The van der Waals surface area contributed by atoms with E-state index in [4.69, 9.17) is 27.9 Å². The van der Waals surface area contributed by atoms with Crippen molar-refractivity contribution in [1.29, 1.82) is 0 Å². The molecule has 4 rings (SSSR count). The average Bonchev–Trinajstić information content (AvgIpc) is 3.06. The molecule has 0 saturated heterocycles. The van der Waals surface area contributed by atoms with Crippen molar-refractivity contribution in [2.45, 2.75) is 50.6 Å². The first kappa shape index (κ1) is 35.8. The fourth-order valence-corrected chi connectivity index (χ4v) is 6.81.